The first kappa shape index (κ1) is 25.2. The van der Waals surface area contributed by atoms with Crippen LogP contribution in [0.3, 0.4) is 0 Å². The molecule has 4 aromatic carbocycles. The Morgan fingerprint density at radius 2 is 1.28 bits per heavy atom. The summed E-state index contributed by atoms with van der Waals surface area (Å²) in [6.45, 7) is 1.64. The van der Waals surface area contributed by atoms with Crippen LogP contribution in [0.5, 0.6) is 11.5 Å². The Morgan fingerprint density at radius 3 is 1.92 bits per heavy atom. The Morgan fingerprint density at radius 1 is 0.611 bits per heavy atom. The Kier molecular flexibility index (Phi) is 6.27. The molecular weight excluding hydrogens is 503 g/mol. The molecular formula is C25H13F9O2. The minimum atomic E-state index is -4.54. The summed E-state index contributed by atoms with van der Waals surface area (Å²) in [7, 11) is 0. The van der Waals surface area contributed by atoms with Crippen molar-refractivity contribution in [3.63, 3.8) is 0 Å². The number of rotatable bonds is 6. The normalized spacial score (nSPS) is 12.2. The first-order valence-electron chi connectivity index (χ1n) is 10.1. The molecule has 36 heavy (non-hydrogen) atoms. The molecule has 0 fully saturated rings. The second kappa shape index (κ2) is 8.96. The van der Waals surface area contributed by atoms with E-state index < -0.39 is 74.7 Å². The second-order valence-electron chi connectivity index (χ2n) is 7.71. The van der Waals surface area contributed by atoms with Gasteiger partial charge in [0.05, 0.1) is 10.9 Å². The second-order valence-corrected chi connectivity index (χ2v) is 7.71. The molecule has 0 saturated heterocycles. The maximum absolute atomic E-state index is 14.9. The van der Waals surface area contributed by atoms with Crippen LogP contribution in [0, 0.1) is 36.0 Å². The summed E-state index contributed by atoms with van der Waals surface area (Å²) in [6.07, 6.45) is -8.66. The van der Waals surface area contributed by atoms with Gasteiger partial charge in [-0.1, -0.05) is 23.8 Å². The SMILES string of the molecule is Cc1ccc(C(F)(F)Oc2cc3ccc(C(F)(F)Oc4ccc(F)c(F)c4)c(F)c3c(F)c2F)cc1. The highest BCUT2D eigenvalue weighted by atomic mass is 19.3. The van der Waals surface area contributed by atoms with E-state index in [4.69, 9.17) is 0 Å². The molecule has 0 saturated carbocycles. The summed E-state index contributed by atoms with van der Waals surface area (Å²) in [6, 6.07) is 7.76. The Bertz CT molecular complexity index is 1450. The first-order valence-corrected chi connectivity index (χ1v) is 10.1. The molecule has 0 heterocycles. The number of hydrogen-bond donors (Lipinski definition) is 0. The lowest BCUT2D eigenvalue weighted by Gasteiger charge is -2.21. The molecule has 0 aliphatic carbocycles. The van der Waals surface area contributed by atoms with Gasteiger partial charge in [0.25, 0.3) is 0 Å². The number of hydrogen-bond acceptors (Lipinski definition) is 2. The predicted molar refractivity (Wildman–Crippen MR) is 110 cm³/mol. The van der Waals surface area contributed by atoms with Crippen LogP contribution in [-0.4, -0.2) is 0 Å². The van der Waals surface area contributed by atoms with E-state index in [-0.39, 0.29) is 6.07 Å². The van der Waals surface area contributed by atoms with Crippen LogP contribution in [-0.2, 0) is 12.2 Å². The third-order valence-electron chi connectivity index (χ3n) is 5.17. The van der Waals surface area contributed by atoms with Crippen LogP contribution in [0.4, 0.5) is 39.5 Å². The largest absolute Gasteiger partial charge is 0.429 e. The highest BCUT2D eigenvalue weighted by Crippen LogP contribution is 2.40. The summed E-state index contributed by atoms with van der Waals surface area (Å²) in [5.41, 5.74) is -1.60. The van der Waals surface area contributed by atoms with Crippen molar-refractivity contribution in [1.29, 1.82) is 0 Å². The van der Waals surface area contributed by atoms with Crippen LogP contribution in [0.15, 0.2) is 60.7 Å². The summed E-state index contributed by atoms with van der Waals surface area (Å²) in [4.78, 5) is 0. The average Bonchev–Trinajstić information content (AvgIpc) is 2.79. The molecule has 0 atom stereocenters. The molecule has 0 aliphatic heterocycles. The standard InChI is InChI=1S/C25H13F9O2/c1-12-2-5-14(6-3-12)24(31,32)36-19-10-13-4-8-16(21(28)20(13)23(30)22(19)29)25(33,34)35-15-7-9-17(26)18(27)11-15/h2-11H,1H3. The Balaban J connectivity index is 1.72. The highest BCUT2D eigenvalue weighted by Gasteiger charge is 2.40. The van der Waals surface area contributed by atoms with E-state index in [9.17, 15) is 39.5 Å². The molecule has 4 rings (SSSR count). The van der Waals surface area contributed by atoms with Crippen LogP contribution in [0.2, 0.25) is 0 Å². The molecule has 0 radical (unpaired) electrons. The number of aryl methyl sites for hydroxylation is 1. The third kappa shape index (κ3) is 4.65. The molecule has 11 heteroatoms. The summed E-state index contributed by atoms with van der Waals surface area (Å²) in [5.74, 6) is -11.1. The number of benzene rings is 4. The third-order valence-corrected chi connectivity index (χ3v) is 5.17. The van der Waals surface area contributed by atoms with Crippen molar-refractivity contribution >= 4 is 10.8 Å². The molecule has 0 amide bonds. The van der Waals surface area contributed by atoms with Gasteiger partial charge in [-0.3, -0.25) is 0 Å². The lowest BCUT2D eigenvalue weighted by molar-refractivity contribution is -0.187. The lowest BCUT2D eigenvalue weighted by Crippen LogP contribution is -2.24. The van der Waals surface area contributed by atoms with Gasteiger partial charge in [0.15, 0.2) is 23.2 Å². The molecule has 2 nitrogen and oxygen atoms in total. The van der Waals surface area contributed by atoms with E-state index in [1.807, 2.05) is 0 Å². The van der Waals surface area contributed by atoms with E-state index in [1.54, 1.807) is 6.92 Å². The fourth-order valence-corrected chi connectivity index (χ4v) is 3.34. The van der Waals surface area contributed by atoms with Gasteiger partial charge in [0.2, 0.25) is 5.82 Å². The van der Waals surface area contributed by atoms with Gasteiger partial charge >= 0.3 is 12.2 Å². The topological polar surface area (TPSA) is 18.5 Å². The fraction of sp³-hybridized carbons (Fsp3) is 0.120. The fourth-order valence-electron chi connectivity index (χ4n) is 3.34. The number of halogens is 9. The highest BCUT2D eigenvalue weighted by molar-refractivity contribution is 5.86. The molecule has 4 aromatic rings. The molecule has 0 aromatic heterocycles. The molecule has 188 valence electrons. The molecule has 0 N–H and O–H groups in total. The van der Waals surface area contributed by atoms with Crippen molar-refractivity contribution < 1.29 is 49.0 Å². The lowest BCUT2D eigenvalue weighted by atomic mass is 10.0. The number of alkyl halides is 4. The van der Waals surface area contributed by atoms with Gasteiger partial charge in [-0.25, -0.2) is 17.6 Å². The van der Waals surface area contributed by atoms with E-state index >= 15 is 0 Å². The van der Waals surface area contributed by atoms with Gasteiger partial charge in [-0.2, -0.15) is 22.0 Å². The van der Waals surface area contributed by atoms with Gasteiger partial charge in [0, 0.05) is 6.07 Å². The first-order chi connectivity index (χ1) is 16.8. The predicted octanol–water partition coefficient (Wildman–Crippen LogP) is 8.10. The zero-order chi connectivity index (χ0) is 26.4. The quantitative estimate of drug-likeness (QED) is 0.241. The van der Waals surface area contributed by atoms with Crippen LogP contribution < -0.4 is 9.47 Å². The number of ether oxygens (including phenoxy) is 2. The smallest absolute Gasteiger partial charge is 0.429 e. The summed E-state index contributed by atoms with van der Waals surface area (Å²) in [5, 5.41) is -1.86. The van der Waals surface area contributed by atoms with Crippen molar-refractivity contribution in [2.75, 3.05) is 0 Å². The van der Waals surface area contributed by atoms with E-state index in [0.717, 1.165) is 12.1 Å². The van der Waals surface area contributed by atoms with Crippen molar-refractivity contribution in [3.05, 3.63) is 106 Å². The van der Waals surface area contributed by atoms with Crippen LogP contribution >= 0.6 is 0 Å². The van der Waals surface area contributed by atoms with Gasteiger partial charge in [0.1, 0.15) is 17.1 Å². The zero-order valence-corrected chi connectivity index (χ0v) is 18.0. The van der Waals surface area contributed by atoms with Crippen molar-refractivity contribution in [2.45, 2.75) is 19.1 Å². The van der Waals surface area contributed by atoms with E-state index in [1.165, 1.54) is 12.1 Å². The zero-order valence-electron chi connectivity index (χ0n) is 18.0. The Hall–Kier alpha value is -3.89. The van der Waals surface area contributed by atoms with E-state index in [2.05, 4.69) is 9.47 Å². The Labute approximate surface area is 197 Å². The molecule has 0 aliphatic rings. The van der Waals surface area contributed by atoms with Crippen molar-refractivity contribution in [2.24, 2.45) is 0 Å². The minimum Gasteiger partial charge on any atom is -0.429 e. The van der Waals surface area contributed by atoms with Gasteiger partial charge in [-0.15, -0.1) is 0 Å². The van der Waals surface area contributed by atoms with Crippen LogP contribution in [0.1, 0.15) is 16.7 Å². The van der Waals surface area contributed by atoms with Crippen molar-refractivity contribution in [3.8, 4) is 11.5 Å². The molecule has 0 bridgehead atoms. The van der Waals surface area contributed by atoms with Crippen LogP contribution in [0.25, 0.3) is 10.8 Å². The summed E-state index contributed by atoms with van der Waals surface area (Å²) >= 11 is 0. The van der Waals surface area contributed by atoms with Gasteiger partial charge < -0.3 is 9.47 Å². The maximum Gasteiger partial charge on any atom is 0.429 e. The maximum atomic E-state index is 14.9. The van der Waals surface area contributed by atoms with E-state index in [0.29, 0.717) is 35.9 Å². The summed E-state index contributed by atoms with van der Waals surface area (Å²) < 4.78 is 137. The van der Waals surface area contributed by atoms with Crippen molar-refractivity contribution in [1.82, 2.24) is 0 Å². The van der Waals surface area contributed by atoms with Gasteiger partial charge in [-0.05, 0) is 48.7 Å². The average molecular weight is 516 g/mol. The molecule has 0 spiro atoms. The monoisotopic (exact) mass is 516 g/mol. The number of fused-ring (bicyclic) bond motifs is 1. The minimum absolute atomic E-state index is 0.278. The molecule has 0 unspecified atom stereocenters.